The van der Waals surface area contributed by atoms with Gasteiger partial charge in [0.05, 0.1) is 8.95 Å². The van der Waals surface area contributed by atoms with Crippen LogP contribution >= 0.6 is 59.1 Å². The lowest BCUT2D eigenvalue weighted by Gasteiger charge is -2.10. The molecule has 6 heteroatoms. The zero-order chi connectivity index (χ0) is 12.3. The second-order valence-corrected chi connectivity index (χ2v) is 6.49. The number of benzene rings is 1. The van der Waals surface area contributed by atoms with Gasteiger partial charge >= 0.3 is 0 Å². The van der Waals surface area contributed by atoms with Crippen molar-refractivity contribution in [2.75, 3.05) is 0 Å². The Labute approximate surface area is 129 Å². The van der Waals surface area contributed by atoms with Crippen LogP contribution in [-0.2, 0) is 11.9 Å². The van der Waals surface area contributed by atoms with Crippen molar-refractivity contribution in [2.24, 2.45) is 0 Å². The fourth-order valence-electron chi connectivity index (χ4n) is 1.29. The first kappa shape index (κ1) is 13.5. The van der Waals surface area contributed by atoms with Crippen molar-refractivity contribution in [3.8, 4) is 5.75 Å². The number of hydrogen-bond donors (Lipinski definition) is 0. The largest absolute Gasteiger partial charge is 0.484 e. The van der Waals surface area contributed by atoms with Crippen molar-refractivity contribution in [3.63, 3.8) is 0 Å². The SMILES string of the molecule is BrCc1cc(Br)c(OCc2nccs2)c(Br)c1. The van der Waals surface area contributed by atoms with E-state index in [2.05, 4.69) is 52.8 Å². The summed E-state index contributed by atoms with van der Waals surface area (Å²) in [6, 6.07) is 4.08. The molecule has 0 fully saturated rings. The van der Waals surface area contributed by atoms with Gasteiger partial charge in [0.15, 0.2) is 0 Å². The number of aromatic nitrogens is 1. The molecule has 0 aliphatic rings. The van der Waals surface area contributed by atoms with Crippen LogP contribution < -0.4 is 4.74 Å². The maximum absolute atomic E-state index is 5.75. The monoisotopic (exact) mass is 439 g/mol. The summed E-state index contributed by atoms with van der Waals surface area (Å²) >= 11 is 12.0. The van der Waals surface area contributed by atoms with Gasteiger partial charge in [0.1, 0.15) is 17.4 Å². The van der Waals surface area contributed by atoms with Crippen LogP contribution in [0.1, 0.15) is 10.6 Å². The average molecular weight is 442 g/mol. The van der Waals surface area contributed by atoms with E-state index in [1.54, 1.807) is 17.5 Å². The fraction of sp³-hybridized carbons (Fsp3) is 0.182. The van der Waals surface area contributed by atoms with Crippen LogP contribution in [0.2, 0.25) is 0 Å². The zero-order valence-corrected chi connectivity index (χ0v) is 14.2. The second kappa shape index (κ2) is 6.31. The van der Waals surface area contributed by atoms with Gasteiger partial charge in [-0.2, -0.15) is 0 Å². The van der Waals surface area contributed by atoms with Crippen molar-refractivity contribution in [1.29, 1.82) is 0 Å². The Morgan fingerprint density at radius 2 is 1.94 bits per heavy atom. The van der Waals surface area contributed by atoms with E-state index in [4.69, 9.17) is 4.74 Å². The van der Waals surface area contributed by atoms with Crippen LogP contribution in [-0.4, -0.2) is 4.98 Å². The number of hydrogen-bond acceptors (Lipinski definition) is 3. The number of ether oxygens (including phenoxy) is 1. The Hall–Kier alpha value is 0.0900. The van der Waals surface area contributed by atoms with Gasteiger partial charge in [0.2, 0.25) is 0 Å². The number of rotatable bonds is 4. The van der Waals surface area contributed by atoms with E-state index in [-0.39, 0.29) is 0 Å². The van der Waals surface area contributed by atoms with Crippen molar-refractivity contribution in [3.05, 3.63) is 43.2 Å². The van der Waals surface area contributed by atoms with E-state index in [9.17, 15) is 0 Å². The molecule has 1 aromatic carbocycles. The number of halogens is 3. The van der Waals surface area contributed by atoms with Crippen LogP contribution in [0.25, 0.3) is 0 Å². The molecule has 2 nitrogen and oxygen atoms in total. The number of alkyl halides is 1. The lowest BCUT2D eigenvalue weighted by atomic mass is 10.2. The molecule has 0 amide bonds. The van der Waals surface area contributed by atoms with E-state index >= 15 is 0 Å². The van der Waals surface area contributed by atoms with Crippen molar-refractivity contribution in [1.82, 2.24) is 4.98 Å². The maximum Gasteiger partial charge on any atom is 0.148 e. The Balaban J connectivity index is 2.15. The van der Waals surface area contributed by atoms with Gasteiger partial charge in [-0.05, 0) is 49.6 Å². The van der Waals surface area contributed by atoms with Gasteiger partial charge in [0, 0.05) is 16.9 Å². The van der Waals surface area contributed by atoms with E-state index in [1.807, 2.05) is 17.5 Å². The summed E-state index contributed by atoms with van der Waals surface area (Å²) in [5, 5.41) is 3.72. The standard InChI is InChI=1S/C11H8Br3NOS/c12-5-7-3-8(13)11(9(14)4-7)16-6-10-15-1-2-17-10/h1-4H,5-6H2. The zero-order valence-electron chi connectivity index (χ0n) is 8.62. The van der Waals surface area contributed by atoms with Crippen molar-refractivity contribution < 1.29 is 4.74 Å². The average Bonchev–Trinajstić information content (AvgIpc) is 2.80. The van der Waals surface area contributed by atoms with Crippen LogP contribution in [0.5, 0.6) is 5.75 Å². The molecule has 1 heterocycles. The quantitative estimate of drug-likeness (QED) is 0.613. The number of thiazole rings is 1. The molecule has 90 valence electrons. The summed E-state index contributed by atoms with van der Waals surface area (Å²) in [5.74, 6) is 0.810. The first-order valence-electron chi connectivity index (χ1n) is 4.75. The molecule has 2 aromatic rings. The predicted molar refractivity (Wildman–Crippen MR) is 80.9 cm³/mol. The molecule has 0 N–H and O–H groups in total. The Kier molecular flexibility index (Phi) is 5.02. The van der Waals surface area contributed by atoms with Crippen LogP contribution in [0.15, 0.2) is 32.7 Å². The van der Waals surface area contributed by atoms with Gasteiger partial charge < -0.3 is 4.74 Å². The number of nitrogens with zero attached hydrogens (tertiary/aromatic N) is 1. The lowest BCUT2D eigenvalue weighted by Crippen LogP contribution is -1.96. The molecule has 0 aliphatic heterocycles. The maximum atomic E-state index is 5.75. The minimum Gasteiger partial charge on any atom is -0.484 e. The Bertz CT molecular complexity index is 478. The molecule has 0 saturated carbocycles. The van der Waals surface area contributed by atoms with Gasteiger partial charge in [-0.25, -0.2) is 4.98 Å². The Morgan fingerprint density at radius 1 is 1.24 bits per heavy atom. The topological polar surface area (TPSA) is 22.1 Å². The summed E-state index contributed by atoms with van der Waals surface area (Å²) in [5.41, 5.74) is 1.19. The molecule has 0 aliphatic carbocycles. The normalized spacial score (nSPS) is 10.5. The third-order valence-electron chi connectivity index (χ3n) is 2.04. The molecule has 17 heavy (non-hydrogen) atoms. The predicted octanol–water partition coefficient (Wildman–Crippen LogP) is 5.14. The molecule has 0 unspecified atom stereocenters. The van der Waals surface area contributed by atoms with Crippen molar-refractivity contribution >= 4 is 59.1 Å². The molecule has 2 rings (SSSR count). The van der Waals surface area contributed by atoms with E-state index in [1.165, 1.54) is 5.56 Å². The molecular formula is C11H8Br3NOS. The third kappa shape index (κ3) is 3.53. The fourth-order valence-corrected chi connectivity index (χ4v) is 3.65. The van der Waals surface area contributed by atoms with E-state index in [0.29, 0.717) is 6.61 Å². The highest BCUT2D eigenvalue weighted by molar-refractivity contribution is 9.11. The van der Waals surface area contributed by atoms with Crippen LogP contribution in [0.3, 0.4) is 0 Å². The van der Waals surface area contributed by atoms with E-state index in [0.717, 1.165) is 25.0 Å². The summed E-state index contributed by atoms with van der Waals surface area (Å²) in [4.78, 5) is 4.18. The van der Waals surface area contributed by atoms with Crippen LogP contribution in [0.4, 0.5) is 0 Å². The lowest BCUT2D eigenvalue weighted by molar-refractivity contribution is 0.301. The van der Waals surface area contributed by atoms with Crippen molar-refractivity contribution in [2.45, 2.75) is 11.9 Å². The molecule has 0 bridgehead atoms. The van der Waals surface area contributed by atoms with Gasteiger partial charge in [-0.3, -0.25) is 0 Å². The second-order valence-electron chi connectivity index (χ2n) is 3.24. The molecule has 0 radical (unpaired) electrons. The van der Waals surface area contributed by atoms with Crippen LogP contribution in [0, 0.1) is 0 Å². The van der Waals surface area contributed by atoms with Gasteiger partial charge in [0.25, 0.3) is 0 Å². The molecule has 0 spiro atoms. The highest BCUT2D eigenvalue weighted by atomic mass is 79.9. The smallest absolute Gasteiger partial charge is 0.148 e. The first-order chi connectivity index (χ1) is 8.20. The minimum absolute atomic E-state index is 0.489. The van der Waals surface area contributed by atoms with Gasteiger partial charge in [-0.15, -0.1) is 11.3 Å². The highest BCUT2D eigenvalue weighted by Crippen LogP contribution is 2.35. The molecular weight excluding hydrogens is 434 g/mol. The highest BCUT2D eigenvalue weighted by Gasteiger charge is 2.09. The Morgan fingerprint density at radius 3 is 2.47 bits per heavy atom. The summed E-state index contributed by atoms with van der Waals surface area (Å²) in [6.45, 7) is 0.489. The third-order valence-corrected chi connectivity index (χ3v) is 4.61. The first-order valence-corrected chi connectivity index (χ1v) is 8.34. The summed E-state index contributed by atoms with van der Waals surface area (Å²) < 4.78 is 7.64. The van der Waals surface area contributed by atoms with Gasteiger partial charge in [-0.1, -0.05) is 15.9 Å². The molecule has 0 atom stereocenters. The summed E-state index contributed by atoms with van der Waals surface area (Å²) in [6.07, 6.45) is 1.78. The minimum atomic E-state index is 0.489. The summed E-state index contributed by atoms with van der Waals surface area (Å²) in [7, 11) is 0. The van der Waals surface area contributed by atoms with E-state index < -0.39 is 0 Å². The molecule has 0 saturated heterocycles. The molecule has 1 aromatic heterocycles.